The molecule has 2 atom stereocenters. The average Bonchev–Trinajstić information content (AvgIpc) is 3.51. The van der Waals surface area contributed by atoms with Crippen LogP contribution in [0.25, 0.3) is 0 Å². The Bertz CT molecular complexity index is 655. The first-order chi connectivity index (χ1) is 12.1. The van der Waals surface area contributed by atoms with E-state index in [1.165, 1.54) is 0 Å². The van der Waals surface area contributed by atoms with E-state index in [9.17, 15) is 10.2 Å². The van der Waals surface area contributed by atoms with E-state index in [0.717, 1.165) is 37.2 Å². The molecule has 2 fully saturated rings. The van der Waals surface area contributed by atoms with Crippen molar-refractivity contribution in [1.82, 2.24) is 0 Å². The summed E-state index contributed by atoms with van der Waals surface area (Å²) in [4.78, 5) is 0. The molecule has 0 aliphatic carbocycles. The van der Waals surface area contributed by atoms with Gasteiger partial charge in [0.25, 0.3) is 0 Å². The molecule has 25 heavy (non-hydrogen) atoms. The second kappa shape index (κ2) is 6.36. The van der Waals surface area contributed by atoms with Gasteiger partial charge in [-0.15, -0.1) is 0 Å². The van der Waals surface area contributed by atoms with Crippen LogP contribution in [0.5, 0.6) is 11.5 Å². The molecule has 2 saturated heterocycles. The molecule has 2 aromatic carbocycles. The molecule has 0 radical (unpaired) electrons. The Morgan fingerprint density at radius 2 is 1.20 bits per heavy atom. The summed E-state index contributed by atoms with van der Waals surface area (Å²) in [5.41, 5.74) is 2.06. The minimum Gasteiger partial charge on any atom is -0.508 e. The van der Waals surface area contributed by atoms with Crippen LogP contribution in [0.15, 0.2) is 48.5 Å². The third kappa shape index (κ3) is 3.51. The predicted molar refractivity (Wildman–Crippen MR) is 94.9 cm³/mol. The fourth-order valence-corrected chi connectivity index (χ4v) is 3.86. The summed E-state index contributed by atoms with van der Waals surface area (Å²) in [5, 5.41) is 19.4. The summed E-state index contributed by atoms with van der Waals surface area (Å²) in [6, 6.07) is 15.0. The quantitative estimate of drug-likeness (QED) is 0.756. The third-order valence-corrected chi connectivity index (χ3v) is 5.65. The summed E-state index contributed by atoms with van der Waals surface area (Å²) in [7, 11) is 0. The molecule has 0 bridgehead atoms. The topological polar surface area (TPSA) is 65.5 Å². The van der Waals surface area contributed by atoms with E-state index in [1.807, 2.05) is 24.3 Å². The first-order valence-electron chi connectivity index (χ1n) is 8.88. The lowest BCUT2D eigenvalue weighted by Crippen LogP contribution is -2.35. The number of aromatic hydroxyl groups is 2. The average molecular weight is 340 g/mol. The van der Waals surface area contributed by atoms with Crippen molar-refractivity contribution in [3.8, 4) is 11.5 Å². The van der Waals surface area contributed by atoms with Gasteiger partial charge in [-0.2, -0.15) is 0 Å². The monoisotopic (exact) mass is 340 g/mol. The lowest BCUT2D eigenvalue weighted by molar-refractivity contribution is 0.240. The summed E-state index contributed by atoms with van der Waals surface area (Å²) < 4.78 is 11.1. The number of ether oxygens (including phenoxy) is 2. The molecule has 4 nitrogen and oxygen atoms in total. The standard InChI is InChI=1S/C21H24O4/c1-21(14-2-6-17(22)7-3-14,15-4-8-18(23)9-5-15)16(10-19-12-24-19)11-20-13-25-20/h2-9,16,19-20,22-23H,10-13H2,1H3. The van der Waals surface area contributed by atoms with Gasteiger partial charge in [-0.1, -0.05) is 31.2 Å². The van der Waals surface area contributed by atoms with Crippen molar-refractivity contribution in [2.45, 2.75) is 37.4 Å². The molecular weight excluding hydrogens is 316 g/mol. The molecular formula is C21H24O4. The van der Waals surface area contributed by atoms with Crippen LogP contribution in [0.4, 0.5) is 0 Å². The molecule has 2 N–H and O–H groups in total. The molecule has 2 unspecified atom stereocenters. The Hall–Kier alpha value is -2.04. The van der Waals surface area contributed by atoms with Gasteiger partial charge < -0.3 is 19.7 Å². The molecule has 0 amide bonds. The van der Waals surface area contributed by atoms with Gasteiger partial charge in [0.05, 0.1) is 25.4 Å². The van der Waals surface area contributed by atoms with Crippen molar-refractivity contribution in [3.05, 3.63) is 59.7 Å². The predicted octanol–water partition coefficient (Wildman–Crippen LogP) is 3.60. The van der Waals surface area contributed by atoms with Crippen molar-refractivity contribution in [3.63, 3.8) is 0 Å². The summed E-state index contributed by atoms with van der Waals surface area (Å²) in [5.74, 6) is 0.885. The highest BCUT2D eigenvalue weighted by atomic mass is 16.6. The molecule has 0 saturated carbocycles. The minimum absolute atomic E-state index is 0.251. The zero-order valence-electron chi connectivity index (χ0n) is 14.4. The highest BCUT2D eigenvalue weighted by molar-refractivity contribution is 5.43. The van der Waals surface area contributed by atoms with E-state index in [1.54, 1.807) is 24.3 Å². The Balaban J connectivity index is 1.77. The van der Waals surface area contributed by atoms with Crippen LogP contribution >= 0.6 is 0 Å². The van der Waals surface area contributed by atoms with Crippen LogP contribution in [-0.4, -0.2) is 35.6 Å². The summed E-state index contributed by atoms with van der Waals surface area (Å²) in [6.07, 6.45) is 2.63. The minimum atomic E-state index is -0.251. The molecule has 0 aromatic heterocycles. The largest absolute Gasteiger partial charge is 0.508 e. The zero-order chi connectivity index (χ0) is 17.4. The number of phenols is 2. The van der Waals surface area contributed by atoms with Crippen molar-refractivity contribution < 1.29 is 19.7 Å². The molecule has 0 spiro atoms. The van der Waals surface area contributed by atoms with Gasteiger partial charge in [-0.3, -0.25) is 0 Å². The van der Waals surface area contributed by atoms with E-state index in [2.05, 4.69) is 6.92 Å². The lowest BCUT2D eigenvalue weighted by Gasteiger charge is -2.39. The Labute approximate surface area is 148 Å². The fraction of sp³-hybridized carbons (Fsp3) is 0.429. The molecule has 132 valence electrons. The highest BCUT2D eigenvalue weighted by Gasteiger charge is 2.44. The first-order valence-corrected chi connectivity index (χ1v) is 8.88. The number of hydrogen-bond acceptors (Lipinski definition) is 4. The molecule has 2 heterocycles. The van der Waals surface area contributed by atoms with Gasteiger partial charge in [-0.25, -0.2) is 0 Å². The maximum absolute atomic E-state index is 9.71. The molecule has 4 rings (SSSR count). The summed E-state index contributed by atoms with van der Waals surface area (Å²) >= 11 is 0. The highest BCUT2D eigenvalue weighted by Crippen LogP contribution is 2.46. The first kappa shape index (κ1) is 16.4. The number of benzene rings is 2. The lowest BCUT2D eigenvalue weighted by atomic mass is 9.64. The van der Waals surface area contributed by atoms with Gasteiger partial charge in [0, 0.05) is 5.41 Å². The Morgan fingerprint density at radius 1 is 0.840 bits per heavy atom. The normalized spacial score (nSPS) is 23.2. The Morgan fingerprint density at radius 3 is 1.52 bits per heavy atom. The maximum Gasteiger partial charge on any atom is 0.115 e. The van der Waals surface area contributed by atoms with Gasteiger partial charge in [0.2, 0.25) is 0 Å². The Kier molecular flexibility index (Phi) is 4.18. The van der Waals surface area contributed by atoms with Gasteiger partial charge >= 0.3 is 0 Å². The molecule has 2 aliphatic rings. The number of epoxide rings is 2. The SMILES string of the molecule is CC(c1ccc(O)cc1)(c1ccc(O)cc1)C(CC1CO1)CC1CO1. The van der Waals surface area contributed by atoms with Crippen LogP contribution in [0, 0.1) is 5.92 Å². The number of phenolic OH excluding ortho intramolecular Hbond substituents is 2. The van der Waals surface area contributed by atoms with E-state index in [4.69, 9.17) is 9.47 Å². The van der Waals surface area contributed by atoms with Gasteiger partial charge in [0.15, 0.2) is 0 Å². The second-order valence-electron chi connectivity index (χ2n) is 7.38. The van der Waals surface area contributed by atoms with Crippen molar-refractivity contribution in [2.75, 3.05) is 13.2 Å². The fourth-order valence-electron chi connectivity index (χ4n) is 3.86. The number of rotatable bonds is 7. The van der Waals surface area contributed by atoms with Crippen LogP contribution in [0.1, 0.15) is 30.9 Å². The van der Waals surface area contributed by atoms with Crippen LogP contribution < -0.4 is 0 Å². The van der Waals surface area contributed by atoms with Crippen molar-refractivity contribution in [1.29, 1.82) is 0 Å². The van der Waals surface area contributed by atoms with Gasteiger partial charge in [-0.05, 0) is 54.2 Å². The molecule has 2 aliphatic heterocycles. The van der Waals surface area contributed by atoms with Crippen LogP contribution in [-0.2, 0) is 14.9 Å². The van der Waals surface area contributed by atoms with E-state index in [0.29, 0.717) is 18.1 Å². The van der Waals surface area contributed by atoms with E-state index >= 15 is 0 Å². The smallest absolute Gasteiger partial charge is 0.115 e. The maximum atomic E-state index is 9.71. The van der Waals surface area contributed by atoms with E-state index < -0.39 is 0 Å². The number of hydrogen-bond donors (Lipinski definition) is 2. The van der Waals surface area contributed by atoms with Crippen molar-refractivity contribution >= 4 is 0 Å². The summed E-state index contributed by atoms with van der Waals surface area (Å²) in [6.45, 7) is 3.92. The molecule has 2 aromatic rings. The zero-order valence-corrected chi connectivity index (χ0v) is 14.4. The van der Waals surface area contributed by atoms with E-state index in [-0.39, 0.29) is 16.9 Å². The second-order valence-corrected chi connectivity index (χ2v) is 7.38. The van der Waals surface area contributed by atoms with Crippen LogP contribution in [0.3, 0.4) is 0 Å². The van der Waals surface area contributed by atoms with Gasteiger partial charge in [0.1, 0.15) is 11.5 Å². The molecule has 4 heteroatoms. The van der Waals surface area contributed by atoms with Crippen molar-refractivity contribution in [2.24, 2.45) is 5.92 Å². The van der Waals surface area contributed by atoms with Crippen LogP contribution in [0.2, 0.25) is 0 Å². The third-order valence-electron chi connectivity index (χ3n) is 5.65.